The summed E-state index contributed by atoms with van der Waals surface area (Å²) in [7, 11) is 0. The van der Waals surface area contributed by atoms with Gasteiger partial charge in [-0.2, -0.15) is 0 Å². The molecule has 2 nitrogen and oxygen atoms in total. The van der Waals surface area contributed by atoms with Crippen molar-refractivity contribution in [1.82, 2.24) is 5.32 Å². The second-order valence-electron chi connectivity index (χ2n) is 14.6. The molecule has 258 valence electrons. The van der Waals surface area contributed by atoms with Crippen LogP contribution in [0.5, 0.6) is 0 Å². The van der Waals surface area contributed by atoms with Gasteiger partial charge in [-0.1, -0.05) is 158 Å². The van der Waals surface area contributed by atoms with Gasteiger partial charge >= 0.3 is 0 Å². The van der Waals surface area contributed by atoms with Crippen molar-refractivity contribution in [2.75, 3.05) is 0 Å². The van der Waals surface area contributed by atoms with E-state index in [2.05, 4.69) is 193 Å². The molecule has 2 aliphatic carbocycles. The summed E-state index contributed by atoms with van der Waals surface area (Å²) in [5.41, 5.74) is 11.1. The van der Waals surface area contributed by atoms with Crippen molar-refractivity contribution < 1.29 is 0 Å². The highest BCUT2D eigenvalue weighted by molar-refractivity contribution is 6.25. The first kappa shape index (κ1) is 32.2. The molecule has 3 aliphatic rings. The summed E-state index contributed by atoms with van der Waals surface area (Å²) < 4.78 is 0. The first-order valence-electron chi connectivity index (χ1n) is 19.2. The number of hydrogen-bond donors (Lipinski definition) is 1. The lowest BCUT2D eigenvalue weighted by molar-refractivity contribution is 0.789. The first-order valence-corrected chi connectivity index (χ1v) is 19.2. The van der Waals surface area contributed by atoms with Crippen LogP contribution < -0.4 is 5.32 Å². The van der Waals surface area contributed by atoms with E-state index >= 15 is 0 Å². The summed E-state index contributed by atoms with van der Waals surface area (Å²) in [5, 5.41) is 11.6. The van der Waals surface area contributed by atoms with Crippen LogP contribution in [0.1, 0.15) is 47.6 Å². The third-order valence-electron chi connectivity index (χ3n) is 11.2. The predicted octanol–water partition coefficient (Wildman–Crippen LogP) is 13.3. The van der Waals surface area contributed by atoms with Gasteiger partial charge in [-0.15, -0.1) is 0 Å². The molecule has 2 unspecified atom stereocenters. The van der Waals surface area contributed by atoms with Crippen molar-refractivity contribution >= 4 is 55.0 Å². The molecule has 0 aromatic heterocycles. The van der Waals surface area contributed by atoms with Gasteiger partial charge in [0.25, 0.3) is 0 Å². The fourth-order valence-electron chi connectivity index (χ4n) is 8.49. The maximum Gasteiger partial charge on any atom is 0.109 e. The molecule has 0 amide bonds. The van der Waals surface area contributed by atoms with E-state index < -0.39 is 0 Å². The molecule has 0 spiro atoms. The van der Waals surface area contributed by atoms with Crippen LogP contribution in [-0.4, -0.2) is 5.84 Å². The van der Waals surface area contributed by atoms with Gasteiger partial charge in [0.1, 0.15) is 5.84 Å². The Labute approximate surface area is 316 Å². The zero-order valence-corrected chi connectivity index (χ0v) is 30.1. The lowest BCUT2D eigenvalue weighted by Crippen LogP contribution is -2.33. The Morgan fingerprint density at radius 3 is 1.89 bits per heavy atom. The number of amidine groups is 1. The molecule has 10 rings (SSSR count). The molecule has 0 fully saturated rings. The summed E-state index contributed by atoms with van der Waals surface area (Å²) in [5.74, 6) is 1.13. The van der Waals surface area contributed by atoms with Gasteiger partial charge in [0.05, 0.1) is 6.04 Å². The smallest absolute Gasteiger partial charge is 0.109 e. The minimum absolute atomic E-state index is 0.0530. The van der Waals surface area contributed by atoms with Crippen LogP contribution in [0.15, 0.2) is 193 Å². The molecule has 2 heteroatoms. The number of nitrogens with one attached hydrogen (secondary N) is 1. The molecule has 0 radical (unpaired) electrons. The number of hydrogen-bond acceptors (Lipinski definition) is 2. The molecule has 7 aromatic rings. The Morgan fingerprint density at radius 2 is 1.17 bits per heavy atom. The highest BCUT2D eigenvalue weighted by atomic mass is 15.0. The fraction of sp³-hybridized carbons (Fsp3) is 0.0962. The second kappa shape index (κ2) is 13.8. The van der Waals surface area contributed by atoms with Crippen LogP contribution in [0.4, 0.5) is 0 Å². The maximum absolute atomic E-state index is 5.35. The zero-order valence-electron chi connectivity index (χ0n) is 30.1. The number of benzene rings is 7. The average molecular weight is 693 g/mol. The molecule has 0 saturated carbocycles. The minimum Gasteiger partial charge on any atom is -0.343 e. The highest BCUT2D eigenvalue weighted by Crippen LogP contribution is 2.40. The lowest BCUT2D eigenvalue weighted by Gasteiger charge is -2.28. The molecule has 1 N–H and O–H groups in total. The van der Waals surface area contributed by atoms with E-state index in [1.165, 1.54) is 76.8 Å². The summed E-state index contributed by atoms with van der Waals surface area (Å²) in [6, 6.07) is 53.1. The van der Waals surface area contributed by atoms with E-state index in [1.807, 2.05) is 0 Å². The van der Waals surface area contributed by atoms with E-state index in [0.717, 1.165) is 30.8 Å². The molecule has 1 heterocycles. The van der Waals surface area contributed by atoms with Crippen molar-refractivity contribution in [2.24, 2.45) is 10.9 Å². The predicted molar refractivity (Wildman–Crippen MR) is 230 cm³/mol. The zero-order chi connectivity index (χ0) is 35.8. The number of rotatable bonds is 6. The third kappa shape index (κ3) is 6.00. The first-order chi connectivity index (χ1) is 26.7. The molecule has 0 saturated heterocycles. The van der Waals surface area contributed by atoms with E-state index in [0.29, 0.717) is 0 Å². The molecule has 7 aromatic carbocycles. The van der Waals surface area contributed by atoms with Crippen molar-refractivity contribution in [1.29, 1.82) is 0 Å². The van der Waals surface area contributed by atoms with Crippen LogP contribution in [-0.2, 0) is 0 Å². The molecule has 2 atom stereocenters. The van der Waals surface area contributed by atoms with Gasteiger partial charge in [0.2, 0.25) is 0 Å². The normalized spacial score (nSPS) is 18.2. The van der Waals surface area contributed by atoms with Crippen LogP contribution >= 0.6 is 0 Å². The summed E-state index contributed by atoms with van der Waals surface area (Å²) in [4.78, 5) is 5.35. The standard InChI is InChI=1S/C52H40N2/c1-4-15-35(16-5-1)41-30-42(32-43(31-41)39-27-28-48-46-25-11-10-23-44(46)45-24-12-13-26-47(45)49(48)33-39)38-21-14-22-40(29-38)52-53-50(36-17-6-2-7-18-36)34-51(54-52)37-19-8-3-9-20-37/h1-4,6-15,17-21,23-34,40,50H,5,16,22H2,(H,53,54). The Balaban J connectivity index is 1.08. The topological polar surface area (TPSA) is 24.4 Å². The van der Waals surface area contributed by atoms with Crippen LogP contribution in [0.3, 0.4) is 0 Å². The minimum atomic E-state index is -0.0530. The second-order valence-corrected chi connectivity index (χ2v) is 14.6. The maximum atomic E-state index is 5.35. The number of allylic oxidation sites excluding steroid dienone is 7. The summed E-state index contributed by atoms with van der Waals surface area (Å²) >= 11 is 0. The molecule has 54 heavy (non-hydrogen) atoms. The van der Waals surface area contributed by atoms with Crippen LogP contribution in [0, 0.1) is 5.92 Å². The third-order valence-corrected chi connectivity index (χ3v) is 11.2. The van der Waals surface area contributed by atoms with Gasteiger partial charge in [-0.05, 0) is 126 Å². The highest BCUT2D eigenvalue weighted by Gasteiger charge is 2.24. The molecule has 0 bridgehead atoms. The van der Waals surface area contributed by atoms with E-state index in [-0.39, 0.29) is 12.0 Å². The number of nitrogens with zero attached hydrogens (tertiary/aromatic N) is 1. The number of aliphatic imine (C=N–C) groups is 1. The van der Waals surface area contributed by atoms with Gasteiger partial charge in [-0.25, -0.2) is 0 Å². The van der Waals surface area contributed by atoms with Crippen LogP contribution in [0.25, 0.3) is 60.3 Å². The van der Waals surface area contributed by atoms with Crippen molar-refractivity contribution in [3.63, 3.8) is 0 Å². The van der Waals surface area contributed by atoms with Gasteiger partial charge in [0.15, 0.2) is 0 Å². The summed E-state index contributed by atoms with van der Waals surface area (Å²) in [6.45, 7) is 0. The van der Waals surface area contributed by atoms with Crippen molar-refractivity contribution in [3.8, 4) is 11.1 Å². The largest absolute Gasteiger partial charge is 0.343 e. The fourth-order valence-corrected chi connectivity index (χ4v) is 8.49. The van der Waals surface area contributed by atoms with E-state index in [4.69, 9.17) is 4.99 Å². The van der Waals surface area contributed by atoms with Crippen molar-refractivity contribution in [3.05, 3.63) is 210 Å². The van der Waals surface area contributed by atoms with Gasteiger partial charge in [-0.3, -0.25) is 4.99 Å². The Hall–Kier alpha value is -6.51. The molecular formula is C52H40N2. The Bertz CT molecular complexity index is 2720. The number of fused-ring (bicyclic) bond motifs is 6. The van der Waals surface area contributed by atoms with Gasteiger partial charge < -0.3 is 5.32 Å². The Kier molecular flexibility index (Phi) is 8.22. The quantitative estimate of drug-likeness (QED) is 0.172. The van der Waals surface area contributed by atoms with Crippen LogP contribution in [0.2, 0.25) is 0 Å². The van der Waals surface area contributed by atoms with Gasteiger partial charge in [0, 0.05) is 11.6 Å². The average Bonchev–Trinajstić information content (AvgIpc) is 3.27. The van der Waals surface area contributed by atoms with Crippen molar-refractivity contribution in [2.45, 2.75) is 25.3 Å². The molecular weight excluding hydrogens is 653 g/mol. The van der Waals surface area contributed by atoms with E-state index in [1.54, 1.807) is 0 Å². The SMILES string of the molecule is C1=CCCC(c2cc(C3=CC(C4=NC(c5ccccc5)C=C(c5ccccc5)N4)CC=C3)cc(-c3ccc4c5ccccc5c5ccccc5c4c3)c2)=C1. The van der Waals surface area contributed by atoms with E-state index in [9.17, 15) is 0 Å². The Morgan fingerprint density at radius 1 is 0.519 bits per heavy atom. The monoisotopic (exact) mass is 692 g/mol. The lowest BCUT2D eigenvalue weighted by atomic mass is 9.86. The summed E-state index contributed by atoms with van der Waals surface area (Å²) in [6.07, 6.45) is 19.1. The molecule has 1 aliphatic heterocycles.